The molecule has 4 heteroatoms. The quantitative estimate of drug-likeness (QED) is 0.293. The van der Waals surface area contributed by atoms with Gasteiger partial charge in [0.25, 0.3) is 0 Å². The summed E-state index contributed by atoms with van der Waals surface area (Å²) in [5.74, 6) is 0. The number of aliphatic imine (C=N–C) groups is 1. The number of nitrogens with one attached hydrogen (secondary N) is 1. The Morgan fingerprint density at radius 3 is 2.36 bits per heavy atom. The highest BCUT2D eigenvalue weighted by Crippen LogP contribution is 2.41. The second-order valence-corrected chi connectivity index (χ2v) is 9.57. The van der Waals surface area contributed by atoms with Crippen LogP contribution in [0, 0.1) is 0 Å². The molecule has 1 N–H and O–H groups in total. The molecule has 4 aromatic carbocycles. The highest BCUT2D eigenvalue weighted by molar-refractivity contribution is 7.22. The molecule has 3 nitrogen and oxygen atoms in total. The Labute approximate surface area is 195 Å². The topological polar surface area (TPSA) is 29.3 Å². The summed E-state index contributed by atoms with van der Waals surface area (Å²) in [6.45, 7) is 2.12. The third-order valence-corrected chi connectivity index (χ3v) is 7.62. The van der Waals surface area contributed by atoms with E-state index in [2.05, 4.69) is 114 Å². The molecule has 33 heavy (non-hydrogen) atoms. The van der Waals surface area contributed by atoms with Crippen LogP contribution in [0.4, 0.5) is 5.69 Å². The summed E-state index contributed by atoms with van der Waals surface area (Å²) in [4.78, 5) is 6.27. The Hall–Kier alpha value is -3.89. The lowest BCUT2D eigenvalue weighted by molar-refractivity contribution is 0.847. The zero-order valence-electron chi connectivity index (χ0n) is 18.1. The monoisotopic (exact) mass is 443 g/mol. The molecule has 0 saturated heterocycles. The maximum atomic E-state index is 5.05. The van der Waals surface area contributed by atoms with Gasteiger partial charge in [-0.15, -0.1) is 11.3 Å². The van der Waals surface area contributed by atoms with Crippen LogP contribution in [-0.2, 0) is 0 Å². The molecule has 0 bridgehead atoms. The van der Waals surface area contributed by atoms with E-state index in [1.165, 1.54) is 53.7 Å². The van der Waals surface area contributed by atoms with Crippen LogP contribution in [0.5, 0.6) is 0 Å². The van der Waals surface area contributed by atoms with Crippen LogP contribution in [-0.4, -0.2) is 16.4 Å². The van der Waals surface area contributed by atoms with E-state index in [1.807, 2.05) is 11.3 Å². The van der Waals surface area contributed by atoms with Crippen molar-refractivity contribution in [2.24, 2.45) is 4.99 Å². The van der Waals surface area contributed by atoms with Crippen LogP contribution >= 0.6 is 11.3 Å². The maximum absolute atomic E-state index is 5.05. The van der Waals surface area contributed by atoms with E-state index >= 15 is 0 Å². The minimum absolute atomic E-state index is 0.0341. The average Bonchev–Trinajstić information content (AvgIpc) is 3.39. The standard InChI is InChI=1S/C29H21N3S/c1-18-30-27(29-28(31-18)22-12-6-8-14-26(22)33-29)19-15-16-25-23(17-19)21-11-5-7-13-24(21)32(25)20-9-3-2-4-10-20/h2-18,31H,1H3/t18-/m1/s1. The third-order valence-electron chi connectivity index (χ3n) is 6.45. The molecule has 3 heterocycles. The van der Waals surface area contributed by atoms with Crippen LogP contribution in [0.15, 0.2) is 102 Å². The van der Waals surface area contributed by atoms with E-state index in [-0.39, 0.29) is 6.17 Å². The minimum atomic E-state index is 0.0341. The van der Waals surface area contributed by atoms with Gasteiger partial charge in [-0.1, -0.05) is 60.7 Å². The molecule has 7 rings (SSSR count). The molecule has 0 spiro atoms. The fourth-order valence-corrected chi connectivity index (χ4v) is 6.21. The van der Waals surface area contributed by atoms with Gasteiger partial charge in [-0.05, 0) is 43.3 Å². The zero-order valence-corrected chi connectivity index (χ0v) is 18.9. The summed E-state index contributed by atoms with van der Waals surface area (Å²) in [5, 5.41) is 7.38. The summed E-state index contributed by atoms with van der Waals surface area (Å²) in [6, 6.07) is 34.7. The molecule has 0 fully saturated rings. The fraction of sp³-hybridized carbons (Fsp3) is 0.0690. The molecule has 0 aliphatic carbocycles. The van der Waals surface area contributed by atoms with Gasteiger partial charge in [-0.3, -0.25) is 4.99 Å². The van der Waals surface area contributed by atoms with Gasteiger partial charge < -0.3 is 9.88 Å². The van der Waals surface area contributed by atoms with Gasteiger partial charge in [0.2, 0.25) is 0 Å². The Kier molecular flexibility index (Phi) is 3.99. The molecule has 1 aliphatic heterocycles. The van der Waals surface area contributed by atoms with Crippen molar-refractivity contribution in [3.63, 3.8) is 0 Å². The Morgan fingerprint density at radius 1 is 0.758 bits per heavy atom. The first-order valence-corrected chi connectivity index (χ1v) is 12.0. The fourth-order valence-electron chi connectivity index (χ4n) is 5.03. The number of thiophene rings is 1. The molecule has 2 aromatic heterocycles. The van der Waals surface area contributed by atoms with Crippen molar-refractivity contribution in [2.75, 3.05) is 5.32 Å². The van der Waals surface area contributed by atoms with Crippen LogP contribution in [0.2, 0.25) is 0 Å². The number of hydrogen-bond donors (Lipinski definition) is 1. The van der Waals surface area contributed by atoms with E-state index in [1.54, 1.807) is 0 Å². The Balaban J connectivity index is 1.49. The number of rotatable bonds is 2. The second-order valence-electron chi connectivity index (χ2n) is 8.52. The molecular weight excluding hydrogens is 422 g/mol. The van der Waals surface area contributed by atoms with Gasteiger partial charge in [-0.25, -0.2) is 0 Å². The third kappa shape index (κ3) is 2.77. The molecule has 0 amide bonds. The first kappa shape index (κ1) is 18.7. The van der Waals surface area contributed by atoms with E-state index in [0.717, 1.165) is 5.71 Å². The molecule has 0 radical (unpaired) electrons. The maximum Gasteiger partial charge on any atom is 0.116 e. The second kappa shape index (κ2) is 7.06. The van der Waals surface area contributed by atoms with Crippen LogP contribution < -0.4 is 5.32 Å². The molecule has 0 saturated carbocycles. The van der Waals surface area contributed by atoms with Crippen LogP contribution in [0.3, 0.4) is 0 Å². The van der Waals surface area contributed by atoms with E-state index in [0.29, 0.717) is 0 Å². The predicted octanol–water partition coefficient (Wildman–Crippen LogP) is 7.61. The molecule has 158 valence electrons. The molecule has 1 atom stereocenters. The smallest absolute Gasteiger partial charge is 0.116 e. The number of anilines is 1. The lowest BCUT2D eigenvalue weighted by atomic mass is 10.0. The van der Waals surface area contributed by atoms with Crippen molar-refractivity contribution in [1.29, 1.82) is 0 Å². The number of para-hydroxylation sites is 2. The van der Waals surface area contributed by atoms with E-state index < -0.39 is 0 Å². The summed E-state index contributed by atoms with van der Waals surface area (Å²) in [6.07, 6.45) is 0.0341. The molecule has 6 aromatic rings. The van der Waals surface area contributed by atoms with Gasteiger partial charge in [-0.2, -0.15) is 0 Å². The van der Waals surface area contributed by atoms with Gasteiger partial charge in [0.1, 0.15) is 6.17 Å². The molecular formula is C29H21N3S. The average molecular weight is 444 g/mol. The predicted molar refractivity (Wildman–Crippen MR) is 141 cm³/mol. The van der Waals surface area contributed by atoms with Gasteiger partial charge in [0.15, 0.2) is 0 Å². The van der Waals surface area contributed by atoms with Gasteiger partial charge in [0, 0.05) is 32.1 Å². The van der Waals surface area contributed by atoms with Gasteiger partial charge in [0.05, 0.1) is 27.3 Å². The summed E-state index contributed by atoms with van der Waals surface area (Å²) in [5.41, 5.74) is 7.07. The summed E-state index contributed by atoms with van der Waals surface area (Å²) < 4.78 is 3.64. The highest BCUT2D eigenvalue weighted by Gasteiger charge is 2.24. The number of benzene rings is 4. The van der Waals surface area contributed by atoms with Gasteiger partial charge >= 0.3 is 0 Å². The largest absolute Gasteiger partial charge is 0.362 e. The highest BCUT2D eigenvalue weighted by atomic mass is 32.1. The Morgan fingerprint density at radius 2 is 1.48 bits per heavy atom. The number of fused-ring (bicyclic) bond motifs is 6. The van der Waals surface area contributed by atoms with Crippen molar-refractivity contribution < 1.29 is 0 Å². The van der Waals surface area contributed by atoms with Crippen molar-refractivity contribution >= 4 is 54.6 Å². The van der Waals surface area contributed by atoms with Crippen molar-refractivity contribution in [1.82, 2.24) is 4.57 Å². The number of aromatic nitrogens is 1. The number of nitrogens with zero attached hydrogens (tertiary/aromatic N) is 2. The first-order chi connectivity index (χ1) is 16.3. The normalized spacial score (nSPS) is 15.5. The molecule has 1 aliphatic rings. The zero-order chi connectivity index (χ0) is 21.9. The van der Waals surface area contributed by atoms with E-state index in [4.69, 9.17) is 4.99 Å². The number of hydrogen-bond acceptors (Lipinski definition) is 3. The van der Waals surface area contributed by atoms with E-state index in [9.17, 15) is 0 Å². The van der Waals surface area contributed by atoms with Crippen molar-refractivity contribution in [2.45, 2.75) is 13.1 Å². The SMILES string of the molecule is C[C@@H]1N=C(c2ccc3c(c2)c2ccccc2n3-c2ccccc2)c2sc3ccccc3c2N1. The lowest BCUT2D eigenvalue weighted by Crippen LogP contribution is -2.22. The lowest BCUT2D eigenvalue weighted by Gasteiger charge is -2.21. The van der Waals surface area contributed by atoms with Crippen molar-refractivity contribution in [3.8, 4) is 5.69 Å². The van der Waals surface area contributed by atoms with Crippen LogP contribution in [0.1, 0.15) is 17.4 Å². The van der Waals surface area contributed by atoms with Crippen LogP contribution in [0.25, 0.3) is 37.6 Å². The molecule has 0 unspecified atom stereocenters. The first-order valence-electron chi connectivity index (χ1n) is 11.2. The Bertz CT molecular complexity index is 1710. The van der Waals surface area contributed by atoms with Crippen molar-refractivity contribution in [3.05, 3.63) is 108 Å². The minimum Gasteiger partial charge on any atom is -0.362 e. The summed E-state index contributed by atoms with van der Waals surface area (Å²) in [7, 11) is 0. The summed E-state index contributed by atoms with van der Waals surface area (Å²) >= 11 is 1.82.